The molecule has 1 aliphatic rings. The molecule has 0 aromatic heterocycles. The Morgan fingerprint density at radius 2 is 1.84 bits per heavy atom. The normalized spacial score (nSPS) is 14.4. The number of fused-ring (bicyclic) bond motifs is 1. The van der Waals surface area contributed by atoms with Gasteiger partial charge in [0.15, 0.2) is 0 Å². The summed E-state index contributed by atoms with van der Waals surface area (Å²) in [5.74, 6) is 0.937. The van der Waals surface area contributed by atoms with Crippen LogP contribution in [0.25, 0.3) is 0 Å². The molecule has 0 radical (unpaired) electrons. The van der Waals surface area contributed by atoms with Gasteiger partial charge in [-0.05, 0) is 67.9 Å². The Balaban J connectivity index is 1.43. The van der Waals surface area contributed by atoms with Crippen LogP contribution in [0.1, 0.15) is 55.3 Å². The fraction of sp³-hybridized carbons (Fsp3) is 0.409. The molecule has 3 nitrogen and oxygen atoms in total. The fourth-order valence-electron chi connectivity index (χ4n) is 3.36. The molecule has 0 spiro atoms. The number of aryl methyl sites for hydroxylation is 2. The molecule has 0 aliphatic heterocycles. The van der Waals surface area contributed by atoms with Gasteiger partial charge in [-0.2, -0.15) is 0 Å². The predicted molar refractivity (Wildman–Crippen MR) is 101 cm³/mol. The Morgan fingerprint density at radius 3 is 2.64 bits per heavy atom. The molecule has 3 heteroatoms. The van der Waals surface area contributed by atoms with Gasteiger partial charge in [-0.3, -0.25) is 4.79 Å². The summed E-state index contributed by atoms with van der Waals surface area (Å²) in [7, 11) is 0. The van der Waals surface area contributed by atoms with Crippen molar-refractivity contribution in [3.63, 3.8) is 0 Å². The average molecular weight is 337 g/mol. The molecule has 1 N–H and O–H groups in total. The first-order chi connectivity index (χ1) is 12.2. The van der Waals surface area contributed by atoms with Crippen LogP contribution in [0, 0.1) is 0 Å². The lowest BCUT2D eigenvalue weighted by molar-refractivity contribution is -0.121. The zero-order chi connectivity index (χ0) is 17.5. The molecule has 0 bridgehead atoms. The maximum absolute atomic E-state index is 12.2. The average Bonchev–Trinajstić information content (AvgIpc) is 2.65. The third-order valence-corrected chi connectivity index (χ3v) is 4.81. The van der Waals surface area contributed by atoms with Crippen LogP contribution in [0.5, 0.6) is 5.75 Å². The van der Waals surface area contributed by atoms with Crippen molar-refractivity contribution in [2.45, 2.75) is 51.5 Å². The van der Waals surface area contributed by atoms with E-state index in [1.54, 1.807) is 0 Å². The van der Waals surface area contributed by atoms with Crippen LogP contribution >= 0.6 is 0 Å². The number of carbonyl (C=O) groups excluding carboxylic acids is 1. The number of rotatable bonds is 7. The number of hydrogen-bond acceptors (Lipinski definition) is 2. The topological polar surface area (TPSA) is 38.3 Å². The number of hydrogen-bond donors (Lipinski definition) is 1. The Bertz CT molecular complexity index is 696. The number of benzene rings is 2. The van der Waals surface area contributed by atoms with E-state index in [1.807, 2.05) is 30.3 Å². The first-order valence-electron chi connectivity index (χ1n) is 9.31. The van der Waals surface area contributed by atoms with Crippen LogP contribution in [0.3, 0.4) is 0 Å². The van der Waals surface area contributed by atoms with Gasteiger partial charge in [0.25, 0.3) is 0 Å². The first kappa shape index (κ1) is 17.5. The van der Waals surface area contributed by atoms with Crippen molar-refractivity contribution in [1.82, 2.24) is 5.32 Å². The Morgan fingerprint density at radius 1 is 1.08 bits per heavy atom. The van der Waals surface area contributed by atoms with Crippen molar-refractivity contribution in [2.75, 3.05) is 6.61 Å². The van der Waals surface area contributed by atoms with Crippen LogP contribution < -0.4 is 10.1 Å². The minimum Gasteiger partial charge on any atom is -0.494 e. The van der Waals surface area contributed by atoms with Gasteiger partial charge in [0.1, 0.15) is 5.75 Å². The van der Waals surface area contributed by atoms with E-state index in [0.29, 0.717) is 13.0 Å². The molecule has 25 heavy (non-hydrogen) atoms. The van der Waals surface area contributed by atoms with Crippen molar-refractivity contribution >= 4 is 5.91 Å². The Labute approximate surface area is 150 Å². The van der Waals surface area contributed by atoms with Gasteiger partial charge < -0.3 is 10.1 Å². The van der Waals surface area contributed by atoms with E-state index in [4.69, 9.17) is 4.74 Å². The SMILES string of the molecule is CC(NC(=O)CCCOc1ccccc1)c1ccc2c(c1)CCCC2. The Hall–Kier alpha value is -2.29. The fourth-order valence-corrected chi connectivity index (χ4v) is 3.36. The third-order valence-electron chi connectivity index (χ3n) is 4.81. The minimum absolute atomic E-state index is 0.0507. The first-order valence-corrected chi connectivity index (χ1v) is 9.31. The van der Waals surface area contributed by atoms with Crippen LogP contribution in [0.15, 0.2) is 48.5 Å². The second kappa shape index (κ2) is 8.70. The van der Waals surface area contributed by atoms with E-state index in [2.05, 4.69) is 30.4 Å². The smallest absolute Gasteiger partial charge is 0.220 e. The molecule has 1 aliphatic carbocycles. The van der Waals surface area contributed by atoms with E-state index in [9.17, 15) is 4.79 Å². The standard InChI is InChI=1S/C22H27NO2/c1-17(19-14-13-18-8-5-6-9-20(18)16-19)23-22(24)12-7-15-25-21-10-3-2-4-11-21/h2-4,10-11,13-14,16-17H,5-9,12,15H2,1H3,(H,23,24). The van der Waals surface area contributed by atoms with Crippen LogP contribution in [-0.2, 0) is 17.6 Å². The number of carbonyl (C=O) groups is 1. The molecule has 1 unspecified atom stereocenters. The highest BCUT2D eigenvalue weighted by Crippen LogP contribution is 2.24. The molecule has 2 aromatic rings. The molecule has 0 heterocycles. The zero-order valence-electron chi connectivity index (χ0n) is 15.0. The van der Waals surface area contributed by atoms with Gasteiger partial charge in [-0.25, -0.2) is 0 Å². The Kier molecular flexibility index (Phi) is 6.10. The van der Waals surface area contributed by atoms with Crippen LogP contribution in [0.2, 0.25) is 0 Å². The van der Waals surface area contributed by atoms with Gasteiger partial charge in [0.2, 0.25) is 5.91 Å². The lowest BCUT2D eigenvalue weighted by atomic mass is 9.89. The van der Waals surface area contributed by atoms with Gasteiger partial charge in [0, 0.05) is 6.42 Å². The van der Waals surface area contributed by atoms with Crippen LogP contribution in [0.4, 0.5) is 0 Å². The molecule has 0 saturated carbocycles. The number of ether oxygens (including phenoxy) is 1. The summed E-state index contributed by atoms with van der Waals surface area (Å²) in [6.07, 6.45) is 6.14. The highest BCUT2D eigenvalue weighted by atomic mass is 16.5. The summed E-state index contributed by atoms with van der Waals surface area (Å²) in [6, 6.07) is 16.4. The molecule has 1 amide bonds. The number of para-hydroxylation sites is 1. The summed E-state index contributed by atoms with van der Waals surface area (Å²) in [4.78, 5) is 12.2. The van der Waals surface area contributed by atoms with Crippen molar-refractivity contribution < 1.29 is 9.53 Å². The van der Waals surface area contributed by atoms with E-state index in [0.717, 1.165) is 12.2 Å². The highest BCUT2D eigenvalue weighted by Gasteiger charge is 2.14. The predicted octanol–water partition coefficient (Wildman–Crippen LogP) is 4.60. The van der Waals surface area contributed by atoms with Crippen molar-refractivity contribution in [2.24, 2.45) is 0 Å². The maximum atomic E-state index is 12.2. The van der Waals surface area contributed by atoms with Gasteiger partial charge >= 0.3 is 0 Å². The summed E-state index contributed by atoms with van der Waals surface area (Å²) in [5, 5.41) is 3.11. The molecule has 132 valence electrons. The quantitative estimate of drug-likeness (QED) is 0.750. The molecule has 0 fully saturated rings. The lowest BCUT2D eigenvalue weighted by Gasteiger charge is -2.20. The van der Waals surface area contributed by atoms with E-state index < -0.39 is 0 Å². The maximum Gasteiger partial charge on any atom is 0.220 e. The second-order valence-electron chi connectivity index (χ2n) is 6.79. The summed E-state index contributed by atoms with van der Waals surface area (Å²) in [6.45, 7) is 2.62. The molecule has 0 saturated heterocycles. The van der Waals surface area contributed by atoms with Gasteiger partial charge in [0.05, 0.1) is 12.6 Å². The second-order valence-corrected chi connectivity index (χ2v) is 6.79. The number of amides is 1. The lowest BCUT2D eigenvalue weighted by Crippen LogP contribution is -2.27. The van der Waals surface area contributed by atoms with Gasteiger partial charge in [-0.15, -0.1) is 0 Å². The molecule has 1 atom stereocenters. The van der Waals surface area contributed by atoms with Crippen LogP contribution in [-0.4, -0.2) is 12.5 Å². The monoisotopic (exact) mass is 337 g/mol. The summed E-state index contributed by atoms with van der Waals surface area (Å²) >= 11 is 0. The highest BCUT2D eigenvalue weighted by molar-refractivity contribution is 5.76. The van der Waals surface area contributed by atoms with Crippen molar-refractivity contribution in [3.8, 4) is 5.75 Å². The van der Waals surface area contributed by atoms with E-state index in [-0.39, 0.29) is 11.9 Å². The third kappa shape index (κ3) is 5.09. The minimum atomic E-state index is 0.0507. The zero-order valence-corrected chi connectivity index (χ0v) is 15.0. The number of nitrogens with one attached hydrogen (secondary N) is 1. The molecular weight excluding hydrogens is 310 g/mol. The molecular formula is C22H27NO2. The molecule has 3 rings (SSSR count). The van der Waals surface area contributed by atoms with Crippen molar-refractivity contribution in [1.29, 1.82) is 0 Å². The van der Waals surface area contributed by atoms with Gasteiger partial charge in [-0.1, -0.05) is 36.4 Å². The summed E-state index contributed by atoms with van der Waals surface area (Å²) < 4.78 is 5.63. The van der Waals surface area contributed by atoms with E-state index >= 15 is 0 Å². The van der Waals surface area contributed by atoms with Crippen molar-refractivity contribution in [3.05, 3.63) is 65.2 Å². The van der Waals surface area contributed by atoms with E-state index in [1.165, 1.54) is 42.4 Å². The molecule has 2 aromatic carbocycles. The summed E-state index contributed by atoms with van der Waals surface area (Å²) in [5.41, 5.74) is 4.14. The largest absolute Gasteiger partial charge is 0.494 e.